The van der Waals surface area contributed by atoms with Crippen LogP contribution in [0.3, 0.4) is 0 Å². The summed E-state index contributed by atoms with van der Waals surface area (Å²) in [5, 5.41) is 0. The van der Waals surface area contributed by atoms with Crippen molar-refractivity contribution in [1.29, 1.82) is 0 Å². The van der Waals surface area contributed by atoms with E-state index in [-0.39, 0.29) is 0 Å². The van der Waals surface area contributed by atoms with E-state index >= 15 is 0 Å². The van der Waals surface area contributed by atoms with Gasteiger partial charge in [0.1, 0.15) is 5.82 Å². The van der Waals surface area contributed by atoms with Gasteiger partial charge in [0.2, 0.25) is 0 Å². The second kappa shape index (κ2) is 8.80. The number of hydrogen-bond donors (Lipinski definition) is 0. The molecule has 2 nitrogen and oxygen atoms in total. The number of aryl methyl sites for hydroxylation is 2. The smallest absolute Gasteiger partial charge is 0.105 e. The maximum atomic E-state index is 4.51. The monoisotopic (exact) mass is 234 g/mol. The van der Waals surface area contributed by atoms with Gasteiger partial charge in [-0.25, -0.2) is 4.98 Å². The Labute approximate surface area is 106 Å². The first-order chi connectivity index (χ1) is 8.27. The average Bonchev–Trinajstić information content (AvgIpc) is 2.76. The predicted molar refractivity (Wildman–Crippen MR) is 76.3 cm³/mol. The Hall–Kier alpha value is -1.31. The molecule has 1 aliphatic carbocycles. The fourth-order valence-corrected chi connectivity index (χ4v) is 1.56. The van der Waals surface area contributed by atoms with E-state index in [1.54, 1.807) is 0 Å². The molecule has 1 atom stereocenters. The quantitative estimate of drug-likeness (QED) is 0.705. The molecule has 0 saturated heterocycles. The highest BCUT2D eigenvalue weighted by molar-refractivity contribution is 5.23. The first-order valence-electron chi connectivity index (χ1n) is 6.60. The lowest BCUT2D eigenvalue weighted by Crippen LogP contribution is -1.96. The van der Waals surface area contributed by atoms with E-state index in [1.165, 1.54) is 5.69 Å². The van der Waals surface area contributed by atoms with Crippen LogP contribution in [0, 0.1) is 6.92 Å². The molecule has 96 valence electrons. The van der Waals surface area contributed by atoms with Crippen LogP contribution >= 0.6 is 0 Å². The molecule has 2 heteroatoms. The third-order valence-electron chi connectivity index (χ3n) is 2.49. The molecule has 0 N–H and O–H groups in total. The van der Waals surface area contributed by atoms with Gasteiger partial charge in [0.05, 0.1) is 5.69 Å². The Kier molecular flexibility index (Phi) is 8.12. The van der Waals surface area contributed by atoms with Crippen LogP contribution in [0.25, 0.3) is 0 Å². The number of hydrogen-bond acceptors (Lipinski definition) is 1. The molecule has 0 spiro atoms. The first-order valence-corrected chi connectivity index (χ1v) is 6.60. The molecular formula is C15H26N2. The summed E-state index contributed by atoms with van der Waals surface area (Å²) in [4.78, 5) is 4.51. The Balaban J connectivity index is 0.000000581. The summed E-state index contributed by atoms with van der Waals surface area (Å²) >= 11 is 0. The van der Waals surface area contributed by atoms with Gasteiger partial charge in [-0.05, 0) is 13.3 Å². The van der Waals surface area contributed by atoms with Crippen LogP contribution in [0.15, 0.2) is 30.5 Å². The Bertz CT molecular complexity index is 339. The van der Waals surface area contributed by atoms with E-state index in [0.29, 0.717) is 5.92 Å². The first kappa shape index (κ1) is 15.7. The molecule has 0 aliphatic heterocycles. The second-order valence-electron chi connectivity index (χ2n) is 3.48. The molecule has 2 rings (SSSR count). The molecule has 1 aromatic rings. The molecule has 0 amide bonds. The van der Waals surface area contributed by atoms with Crippen molar-refractivity contribution in [1.82, 2.24) is 9.55 Å². The fraction of sp³-hybridized carbons (Fsp3) is 0.533. The van der Waals surface area contributed by atoms with Crippen molar-refractivity contribution in [2.45, 2.75) is 47.0 Å². The molecule has 17 heavy (non-hydrogen) atoms. The lowest BCUT2D eigenvalue weighted by atomic mass is 9.98. The minimum Gasteiger partial charge on any atom is -0.338 e. The van der Waals surface area contributed by atoms with Gasteiger partial charge in [0.15, 0.2) is 0 Å². The fourth-order valence-electron chi connectivity index (χ4n) is 1.56. The molecular weight excluding hydrogens is 208 g/mol. The van der Waals surface area contributed by atoms with E-state index in [9.17, 15) is 0 Å². The van der Waals surface area contributed by atoms with Crippen molar-refractivity contribution >= 4 is 0 Å². The van der Waals surface area contributed by atoms with Gasteiger partial charge < -0.3 is 4.57 Å². The third kappa shape index (κ3) is 4.59. The highest BCUT2D eigenvalue weighted by Crippen LogP contribution is 2.23. The van der Waals surface area contributed by atoms with Crippen molar-refractivity contribution in [3.05, 3.63) is 42.0 Å². The summed E-state index contributed by atoms with van der Waals surface area (Å²) in [5.41, 5.74) is 1.18. The molecule has 0 fully saturated rings. The van der Waals surface area contributed by atoms with Crippen LogP contribution in [-0.2, 0) is 7.05 Å². The number of imidazole rings is 1. The summed E-state index contributed by atoms with van der Waals surface area (Å²) in [6.45, 7) is 10.0. The highest BCUT2D eigenvalue weighted by Gasteiger charge is 2.11. The summed E-state index contributed by atoms with van der Waals surface area (Å²) in [6, 6.07) is 0. The standard InChI is InChI=1S/C11H14N2.2C2H6/c1-9-12-11(8-13(9)2)10-6-4-3-5-7-10;2*1-2/h3-6,8,10H,7H2,1-2H3;2*1-2H3. The Morgan fingerprint density at radius 2 is 1.82 bits per heavy atom. The maximum Gasteiger partial charge on any atom is 0.105 e. The Morgan fingerprint density at radius 3 is 2.24 bits per heavy atom. The third-order valence-corrected chi connectivity index (χ3v) is 2.49. The van der Waals surface area contributed by atoms with Crippen LogP contribution in [0.5, 0.6) is 0 Å². The zero-order valence-electron chi connectivity index (χ0n) is 12.1. The number of allylic oxidation sites excluding steroid dienone is 4. The highest BCUT2D eigenvalue weighted by atomic mass is 15.0. The van der Waals surface area contributed by atoms with E-state index in [4.69, 9.17) is 0 Å². The molecule has 0 saturated carbocycles. The molecule has 0 aromatic carbocycles. The maximum absolute atomic E-state index is 4.51. The van der Waals surface area contributed by atoms with Gasteiger partial charge in [-0.15, -0.1) is 0 Å². The van der Waals surface area contributed by atoms with E-state index in [1.807, 2.05) is 41.7 Å². The van der Waals surface area contributed by atoms with E-state index in [2.05, 4.69) is 40.1 Å². The lowest BCUT2D eigenvalue weighted by Gasteiger charge is -2.08. The molecule has 1 aromatic heterocycles. The van der Waals surface area contributed by atoms with Crippen LogP contribution in [-0.4, -0.2) is 9.55 Å². The van der Waals surface area contributed by atoms with Crippen molar-refractivity contribution in [3.63, 3.8) is 0 Å². The van der Waals surface area contributed by atoms with Gasteiger partial charge in [0.25, 0.3) is 0 Å². The Morgan fingerprint density at radius 1 is 1.18 bits per heavy atom. The normalized spacial score (nSPS) is 16.7. The van der Waals surface area contributed by atoms with Gasteiger partial charge in [0, 0.05) is 19.2 Å². The van der Waals surface area contributed by atoms with Crippen LogP contribution < -0.4 is 0 Å². The SMILES string of the molecule is CC.CC.Cc1nc(C2C=CC=CC2)cn1C. The van der Waals surface area contributed by atoms with E-state index < -0.39 is 0 Å². The molecule has 1 unspecified atom stereocenters. The van der Waals surface area contributed by atoms with Gasteiger partial charge in [-0.1, -0.05) is 52.0 Å². The zero-order valence-corrected chi connectivity index (χ0v) is 12.1. The van der Waals surface area contributed by atoms with Crippen molar-refractivity contribution in [2.75, 3.05) is 0 Å². The largest absolute Gasteiger partial charge is 0.338 e. The molecule has 0 radical (unpaired) electrons. The average molecular weight is 234 g/mol. The zero-order chi connectivity index (χ0) is 13.3. The summed E-state index contributed by atoms with van der Waals surface area (Å²) in [7, 11) is 2.04. The summed E-state index contributed by atoms with van der Waals surface area (Å²) in [5.74, 6) is 1.56. The lowest BCUT2D eigenvalue weighted by molar-refractivity contribution is 0.820. The van der Waals surface area contributed by atoms with Gasteiger partial charge >= 0.3 is 0 Å². The second-order valence-corrected chi connectivity index (χ2v) is 3.48. The van der Waals surface area contributed by atoms with Crippen molar-refractivity contribution in [3.8, 4) is 0 Å². The van der Waals surface area contributed by atoms with Crippen LogP contribution in [0.4, 0.5) is 0 Å². The van der Waals surface area contributed by atoms with E-state index in [0.717, 1.165) is 12.2 Å². The molecule has 1 heterocycles. The number of aromatic nitrogens is 2. The number of rotatable bonds is 1. The predicted octanol–water partition coefficient (Wildman–Crippen LogP) is 4.38. The topological polar surface area (TPSA) is 17.8 Å². The van der Waals surface area contributed by atoms with Crippen molar-refractivity contribution < 1.29 is 0 Å². The minimum absolute atomic E-state index is 0.477. The van der Waals surface area contributed by atoms with Crippen LogP contribution in [0.2, 0.25) is 0 Å². The van der Waals surface area contributed by atoms with Crippen LogP contribution in [0.1, 0.15) is 51.6 Å². The summed E-state index contributed by atoms with van der Waals surface area (Å²) < 4.78 is 2.07. The van der Waals surface area contributed by atoms with Gasteiger partial charge in [-0.2, -0.15) is 0 Å². The molecule has 1 aliphatic rings. The van der Waals surface area contributed by atoms with Gasteiger partial charge in [-0.3, -0.25) is 0 Å². The molecule has 0 bridgehead atoms. The summed E-state index contributed by atoms with van der Waals surface area (Å²) in [6.07, 6.45) is 11.8. The minimum atomic E-state index is 0.477. The van der Waals surface area contributed by atoms with Crippen molar-refractivity contribution in [2.24, 2.45) is 7.05 Å². The number of nitrogens with zero attached hydrogens (tertiary/aromatic N) is 2.